The van der Waals surface area contributed by atoms with Crippen LogP contribution in [0.4, 0.5) is 5.69 Å². The van der Waals surface area contributed by atoms with Crippen molar-refractivity contribution >= 4 is 34.7 Å². The Hall–Kier alpha value is -4.23. The highest BCUT2D eigenvalue weighted by Gasteiger charge is 2.30. The van der Waals surface area contributed by atoms with E-state index in [0.29, 0.717) is 52.2 Å². The highest BCUT2D eigenvalue weighted by molar-refractivity contribution is 6.33. The zero-order chi connectivity index (χ0) is 24.0. The first-order valence-electron chi connectivity index (χ1n) is 10.5. The molecule has 4 aromatic rings. The average molecular weight is 475 g/mol. The monoisotopic (exact) mass is 474 g/mol. The van der Waals surface area contributed by atoms with Gasteiger partial charge in [-0.3, -0.25) is 18.7 Å². The van der Waals surface area contributed by atoms with E-state index in [1.807, 2.05) is 0 Å². The summed E-state index contributed by atoms with van der Waals surface area (Å²) < 4.78 is 3.46. The minimum atomic E-state index is -0.628. The van der Waals surface area contributed by atoms with Gasteiger partial charge in [0.05, 0.1) is 42.4 Å². The molecule has 0 bridgehead atoms. The number of carbonyl (C=O) groups excluding carboxylic acids is 2. The molecule has 2 N–H and O–H groups in total. The molecular weight excluding hydrogens is 456 g/mol. The first-order valence-corrected chi connectivity index (χ1v) is 10.9. The average Bonchev–Trinajstić information content (AvgIpc) is 3.40. The van der Waals surface area contributed by atoms with E-state index in [1.165, 1.54) is 0 Å². The van der Waals surface area contributed by atoms with Crippen molar-refractivity contribution in [3.05, 3.63) is 75.6 Å². The predicted octanol–water partition coefficient (Wildman–Crippen LogP) is 2.79. The number of carbonyl (C=O) groups is 2. The fourth-order valence-electron chi connectivity index (χ4n) is 4.16. The standard InChI is InChI=1S/C23H19ClN8O2/c1-13-27-28-23-17(24)10-15(11-31(13)23)21-20(22(25)34)18-12-30(7-8-32(18)29-21)19(33)9-14-3-5-16(26-2)6-4-14/h3-6,10-11H,7-9,12H2,1H3,(H2,25,34). The Morgan fingerprint density at radius 3 is 2.68 bits per heavy atom. The Bertz CT molecular complexity index is 1500. The zero-order valence-electron chi connectivity index (χ0n) is 18.2. The van der Waals surface area contributed by atoms with E-state index in [9.17, 15) is 9.59 Å². The number of nitrogens with zero attached hydrogens (tertiary/aromatic N) is 7. The van der Waals surface area contributed by atoms with Gasteiger partial charge in [-0.05, 0) is 18.6 Å². The van der Waals surface area contributed by atoms with Crippen LogP contribution in [0.25, 0.3) is 21.7 Å². The van der Waals surface area contributed by atoms with Crippen molar-refractivity contribution in [1.29, 1.82) is 0 Å². The fraction of sp³-hybridized carbons (Fsp3) is 0.217. The van der Waals surface area contributed by atoms with Crippen molar-refractivity contribution in [3.63, 3.8) is 0 Å². The molecule has 3 aromatic heterocycles. The van der Waals surface area contributed by atoms with Gasteiger partial charge in [-0.15, -0.1) is 10.2 Å². The highest BCUT2D eigenvalue weighted by atomic mass is 35.5. The maximum Gasteiger partial charge on any atom is 0.252 e. The summed E-state index contributed by atoms with van der Waals surface area (Å²) in [6, 6.07) is 8.62. The summed E-state index contributed by atoms with van der Waals surface area (Å²) in [7, 11) is 0. The van der Waals surface area contributed by atoms with E-state index >= 15 is 0 Å². The number of nitrogens with two attached hydrogens (primary N) is 1. The maximum absolute atomic E-state index is 13.0. The van der Waals surface area contributed by atoms with Crippen molar-refractivity contribution in [2.75, 3.05) is 6.54 Å². The van der Waals surface area contributed by atoms with Gasteiger partial charge in [0.2, 0.25) is 5.91 Å². The smallest absolute Gasteiger partial charge is 0.252 e. The molecule has 0 saturated carbocycles. The second kappa shape index (κ2) is 8.28. The summed E-state index contributed by atoms with van der Waals surface area (Å²) in [6.45, 7) is 9.94. The van der Waals surface area contributed by atoms with Gasteiger partial charge in [0, 0.05) is 18.3 Å². The van der Waals surface area contributed by atoms with Crippen LogP contribution in [0.1, 0.15) is 27.4 Å². The quantitative estimate of drug-likeness (QED) is 0.456. The van der Waals surface area contributed by atoms with Crippen molar-refractivity contribution in [2.24, 2.45) is 5.73 Å². The van der Waals surface area contributed by atoms with E-state index in [-0.39, 0.29) is 24.4 Å². The number of hydrogen-bond acceptors (Lipinski definition) is 5. The Labute approximate surface area is 199 Å². The lowest BCUT2D eigenvalue weighted by Gasteiger charge is -2.28. The molecule has 5 rings (SSSR count). The third-order valence-corrected chi connectivity index (χ3v) is 6.18. The molecular formula is C23H19ClN8O2. The Morgan fingerprint density at radius 2 is 1.97 bits per heavy atom. The zero-order valence-corrected chi connectivity index (χ0v) is 19.0. The van der Waals surface area contributed by atoms with Gasteiger partial charge in [-0.1, -0.05) is 35.9 Å². The number of benzene rings is 1. The Kier molecular flexibility index (Phi) is 5.26. The number of aromatic nitrogens is 5. The van der Waals surface area contributed by atoms with Crippen molar-refractivity contribution in [1.82, 2.24) is 29.3 Å². The highest BCUT2D eigenvalue weighted by Crippen LogP contribution is 2.31. The van der Waals surface area contributed by atoms with Crippen molar-refractivity contribution in [3.8, 4) is 11.3 Å². The van der Waals surface area contributed by atoms with Gasteiger partial charge in [-0.25, -0.2) is 4.85 Å². The van der Waals surface area contributed by atoms with Gasteiger partial charge >= 0.3 is 0 Å². The molecule has 0 radical (unpaired) electrons. The summed E-state index contributed by atoms with van der Waals surface area (Å²) in [5, 5.41) is 13.1. The molecule has 0 atom stereocenters. The van der Waals surface area contributed by atoms with Gasteiger partial charge < -0.3 is 10.6 Å². The molecule has 1 aliphatic rings. The number of fused-ring (bicyclic) bond motifs is 2. The molecule has 2 amide bonds. The van der Waals surface area contributed by atoms with Crippen LogP contribution >= 0.6 is 11.6 Å². The van der Waals surface area contributed by atoms with Crippen LogP contribution in [0.5, 0.6) is 0 Å². The lowest BCUT2D eigenvalue weighted by atomic mass is 10.1. The van der Waals surface area contributed by atoms with Crippen LogP contribution < -0.4 is 5.73 Å². The SMILES string of the molecule is [C-]#[N+]c1ccc(CC(=O)N2CCn3nc(-c4cc(Cl)c5nnc(C)n5c4)c(C(N)=O)c3C2)cc1. The second-order valence-corrected chi connectivity index (χ2v) is 8.45. The Balaban J connectivity index is 1.47. The van der Waals surface area contributed by atoms with E-state index in [2.05, 4.69) is 20.1 Å². The third-order valence-electron chi connectivity index (χ3n) is 5.90. The van der Waals surface area contributed by atoms with E-state index in [0.717, 1.165) is 5.56 Å². The molecule has 11 heteroatoms. The minimum Gasteiger partial charge on any atom is -0.365 e. The molecule has 4 heterocycles. The molecule has 0 aliphatic carbocycles. The number of hydrogen-bond donors (Lipinski definition) is 1. The lowest BCUT2D eigenvalue weighted by Crippen LogP contribution is -2.40. The number of pyridine rings is 1. The van der Waals surface area contributed by atoms with E-state index in [4.69, 9.17) is 23.9 Å². The summed E-state index contributed by atoms with van der Waals surface area (Å²) in [6.07, 6.45) is 1.97. The molecule has 0 fully saturated rings. The fourth-order valence-corrected chi connectivity index (χ4v) is 4.41. The van der Waals surface area contributed by atoms with Crippen LogP contribution in [-0.4, -0.2) is 47.6 Å². The van der Waals surface area contributed by atoms with Crippen LogP contribution in [0, 0.1) is 13.5 Å². The first-order chi connectivity index (χ1) is 16.4. The number of amides is 2. The second-order valence-electron chi connectivity index (χ2n) is 8.05. The summed E-state index contributed by atoms with van der Waals surface area (Å²) in [5.74, 6) is -0.0638. The van der Waals surface area contributed by atoms with Crippen molar-refractivity contribution in [2.45, 2.75) is 26.4 Å². The predicted molar refractivity (Wildman–Crippen MR) is 124 cm³/mol. The van der Waals surface area contributed by atoms with Crippen LogP contribution in [0.3, 0.4) is 0 Å². The normalized spacial score (nSPS) is 13.0. The molecule has 0 unspecified atom stereocenters. The van der Waals surface area contributed by atoms with E-state index < -0.39 is 5.91 Å². The van der Waals surface area contributed by atoms with Crippen LogP contribution in [0.2, 0.25) is 5.02 Å². The summed E-state index contributed by atoms with van der Waals surface area (Å²) in [5.41, 5.74) is 9.48. The van der Waals surface area contributed by atoms with Gasteiger partial charge in [0.15, 0.2) is 11.3 Å². The molecule has 0 spiro atoms. The maximum atomic E-state index is 13.0. The minimum absolute atomic E-state index is 0.0791. The van der Waals surface area contributed by atoms with Crippen LogP contribution in [-0.2, 0) is 24.3 Å². The number of primary amides is 1. The summed E-state index contributed by atoms with van der Waals surface area (Å²) in [4.78, 5) is 30.5. The molecule has 10 nitrogen and oxygen atoms in total. The van der Waals surface area contributed by atoms with Gasteiger partial charge in [0.25, 0.3) is 5.91 Å². The van der Waals surface area contributed by atoms with Gasteiger partial charge in [-0.2, -0.15) is 5.10 Å². The lowest BCUT2D eigenvalue weighted by molar-refractivity contribution is -0.132. The molecule has 0 saturated heterocycles. The van der Waals surface area contributed by atoms with E-state index in [1.54, 1.807) is 57.4 Å². The van der Waals surface area contributed by atoms with Crippen LogP contribution in [0.15, 0.2) is 36.5 Å². The molecule has 1 aromatic carbocycles. The number of aryl methyl sites for hydroxylation is 1. The summed E-state index contributed by atoms with van der Waals surface area (Å²) >= 11 is 6.40. The third kappa shape index (κ3) is 3.66. The number of rotatable bonds is 4. The topological polar surface area (TPSA) is 116 Å². The first kappa shape index (κ1) is 21.6. The Morgan fingerprint density at radius 1 is 1.21 bits per heavy atom. The largest absolute Gasteiger partial charge is 0.365 e. The molecule has 170 valence electrons. The molecule has 34 heavy (non-hydrogen) atoms. The number of halogens is 1. The van der Waals surface area contributed by atoms with Crippen molar-refractivity contribution < 1.29 is 9.59 Å². The van der Waals surface area contributed by atoms with Gasteiger partial charge in [0.1, 0.15) is 11.5 Å². The molecule has 1 aliphatic heterocycles.